The van der Waals surface area contributed by atoms with Gasteiger partial charge in [0.05, 0.1) is 4.88 Å². The van der Waals surface area contributed by atoms with Gasteiger partial charge < -0.3 is 15.4 Å². The van der Waals surface area contributed by atoms with E-state index in [2.05, 4.69) is 86.1 Å². The predicted octanol–water partition coefficient (Wildman–Crippen LogP) is 8.04. The molecule has 1 amide bonds. The number of carboxylic acid groups (broad SMARTS) is 1. The molecule has 254 valence electrons. The number of hydrogen-bond acceptors (Lipinski definition) is 6. The van der Waals surface area contributed by atoms with Gasteiger partial charge in [0.1, 0.15) is 6.04 Å². The second-order valence-electron chi connectivity index (χ2n) is 14.6. The summed E-state index contributed by atoms with van der Waals surface area (Å²) in [5, 5.41) is 12.6. The molecule has 9 heteroatoms. The van der Waals surface area contributed by atoms with Gasteiger partial charge in [0.2, 0.25) is 5.91 Å². The molecule has 5 rings (SSSR count). The van der Waals surface area contributed by atoms with Crippen molar-refractivity contribution in [1.29, 1.82) is 0 Å². The van der Waals surface area contributed by atoms with Crippen LogP contribution in [0.1, 0.15) is 79.3 Å². The van der Waals surface area contributed by atoms with Crippen LogP contribution in [0.4, 0.5) is 0 Å². The summed E-state index contributed by atoms with van der Waals surface area (Å²) in [5.41, 5.74) is 5.56. The fourth-order valence-electron chi connectivity index (χ4n) is 5.54. The number of aromatic amines is 1. The first-order valence-corrected chi connectivity index (χ1v) is 17.3. The zero-order valence-electron chi connectivity index (χ0n) is 28.9. The molecule has 49 heavy (non-hydrogen) atoms. The molecule has 3 aromatic heterocycles. The largest absolute Gasteiger partial charge is 0.480 e. The molecular weight excluding hydrogens is 633 g/mol. The number of aliphatic carboxylic acids is 1. The fraction of sp³-hybridized carbons (Fsp3) is 0.325. The average Bonchev–Trinajstić information content (AvgIpc) is 3.77. The Hall–Kier alpha value is -4.89. The van der Waals surface area contributed by atoms with Gasteiger partial charge in [-0.15, -0.1) is 11.3 Å². The lowest BCUT2D eigenvalue weighted by Gasteiger charge is -2.20. The molecule has 2 aromatic carbocycles. The highest BCUT2D eigenvalue weighted by Crippen LogP contribution is 2.31. The van der Waals surface area contributed by atoms with E-state index < -0.39 is 23.8 Å². The molecule has 0 aliphatic heterocycles. The molecule has 5 aromatic rings. The van der Waals surface area contributed by atoms with Gasteiger partial charge in [-0.3, -0.25) is 9.59 Å². The highest BCUT2D eigenvalue weighted by Gasteiger charge is 2.29. The van der Waals surface area contributed by atoms with E-state index in [1.165, 1.54) is 16.9 Å². The molecule has 0 saturated heterocycles. The van der Waals surface area contributed by atoms with Gasteiger partial charge in [-0.25, -0.2) is 14.8 Å². The third-order valence-corrected chi connectivity index (χ3v) is 10.1. The maximum absolute atomic E-state index is 13.7. The number of Topliss-reactive ketones (excluding diaryl/α,β-unsaturated/α-hetero) is 1. The third-order valence-electron chi connectivity index (χ3n) is 8.55. The molecular formula is C40H44N4O4S. The van der Waals surface area contributed by atoms with Gasteiger partial charge >= 0.3 is 5.97 Å². The van der Waals surface area contributed by atoms with Crippen LogP contribution in [0.2, 0.25) is 0 Å². The van der Waals surface area contributed by atoms with Crippen molar-refractivity contribution in [3.05, 3.63) is 118 Å². The molecule has 8 nitrogen and oxygen atoms in total. The van der Waals surface area contributed by atoms with Crippen molar-refractivity contribution in [1.82, 2.24) is 20.3 Å². The van der Waals surface area contributed by atoms with Crippen LogP contribution in [0.5, 0.6) is 0 Å². The van der Waals surface area contributed by atoms with Crippen molar-refractivity contribution >= 4 is 29.0 Å². The molecule has 0 radical (unpaired) electrons. The first-order chi connectivity index (χ1) is 23.2. The maximum atomic E-state index is 13.7. The number of nitrogens with zero attached hydrogens (tertiary/aromatic N) is 2. The first kappa shape index (κ1) is 35.4. The molecule has 0 aliphatic carbocycles. The van der Waals surface area contributed by atoms with Gasteiger partial charge in [-0.1, -0.05) is 90.1 Å². The van der Waals surface area contributed by atoms with Gasteiger partial charge in [0, 0.05) is 59.0 Å². The number of hydrogen-bond donors (Lipinski definition) is 3. The minimum atomic E-state index is -1.14. The number of rotatable bonds is 12. The summed E-state index contributed by atoms with van der Waals surface area (Å²) in [4.78, 5) is 53.1. The van der Waals surface area contributed by atoms with Crippen LogP contribution < -0.4 is 5.32 Å². The van der Waals surface area contributed by atoms with Gasteiger partial charge in [0.15, 0.2) is 11.6 Å². The van der Waals surface area contributed by atoms with E-state index in [0.717, 1.165) is 27.1 Å². The fourth-order valence-corrected chi connectivity index (χ4v) is 6.55. The lowest BCUT2D eigenvalue weighted by atomic mass is 9.86. The van der Waals surface area contributed by atoms with Gasteiger partial charge in [-0.05, 0) is 58.2 Å². The Morgan fingerprint density at radius 3 is 2.00 bits per heavy atom. The number of carbonyl (C=O) groups excluding carboxylic acids is 2. The number of carboxylic acids is 1. The number of aromatic nitrogens is 3. The normalized spacial score (nSPS) is 13.1. The zero-order valence-corrected chi connectivity index (χ0v) is 29.7. The van der Waals surface area contributed by atoms with Crippen molar-refractivity contribution in [3.8, 4) is 22.5 Å². The summed E-state index contributed by atoms with van der Waals surface area (Å²) in [7, 11) is 0. The number of ketones is 1. The van der Waals surface area contributed by atoms with Crippen molar-refractivity contribution in [2.75, 3.05) is 0 Å². The van der Waals surface area contributed by atoms with Crippen LogP contribution in [-0.4, -0.2) is 43.8 Å². The van der Waals surface area contributed by atoms with E-state index in [0.29, 0.717) is 16.4 Å². The Morgan fingerprint density at radius 1 is 0.796 bits per heavy atom. The maximum Gasteiger partial charge on any atom is 0.326 e. The molecule has 0 spiro atoms. The summed E-state index contributed by atoms with van der Waals surface area (Å²) in [6.07, 6.45) is 5.65. The summed E-state index contributed by atoms with van der Waals surface area (Å²) in [6, 6.07) is 22.2. The lowest BCUT2D eigenvalue weighted by Crippen LogP contribution is -2.45. The Bertz CT molecular complexity index is 1880. The molecule has 2 atom stereocenters. The van der Waals surface area contributed by atoms with Crippen LogP contribution in [-0.2, 0) is 33.3 Å². The van der Waals surface area contributed by atoms with Crippen LogP contribution in [0.15, 0.2) is 91.4 Å². The smallest absolute Gasteiger partial charge is 0.326 e. The highest BCUT2D eigenvalue weighted by molar-refractivity contribution is 7.14. The van der Waals surface area contributed by atoms with Crippen LogP contribution in [0, 0.1) is 5.92 Å². The zero-order chi connectivity index (χ0) is 35.3. The summed E-state index contributed by atoms with van der Waals surface area (Å²) < 4.78 is 0. The van der Waals surface area contributed by atoms with Crippen LogP contribution >= 0.6 is 11.3 Å². The van der Waals surface area contributed by atoms with E-state index >= 15 is 0 Å². The standard InChI is InChI=1S/C40H44N4O4S/c1-39(2,3)30-15-13-26(14-16-30)29-23-42-36(43-24-29)27-11-9-25(10-12-27)20-28(21-33(45)34-17-18-35(49-34)40(4,5)6)37(46)44-32(38(47)48)22-31-8-7-19-41-31/h7-19,23-24,28,32,41H,20-22H2,1-6H3,(H,44,46)(H,47,48)/t28-,32-/m1/s1. The highest BCUT2D eigenvalue weighted by atomic mass is 32.1. The second kappa shape index (κ2) is 14.7. The number of benzene rings is 2. The van der Waals surface area contributed by atoms with Crippen LogP contribution in [0.25, 0.3) is 22.5 Å². The van der Waals surface area contributed by atoms with Crippen molar-refractivity contribution in [2.45, 2.75) is 77.7 Å². The second-order valence-corrected chi connectivity index (χ2v) is 15.6. The number of carbonyl (C=O) groups is 3. The Kier molecular flexibility index (Phi) is 10.6. The van der Waals surface area contributed by atoms with E-state index in [1.54, 1.807) is 18.3 Å². The summed E-state index contributed by atoms with van der Waals surface area (Å²) in [6.45, 7) is 12.8. The molecule has 3 N–H and O–H groups in total. The minimum absolute atomic E-state index is 0.0478. The summed E-state index contributed by atoms with van der Waals surface area (Å²) in [5.74, 6) is -1.96. The molecule has 0 unspecified atom stereocenters. The quantitative estimate of drug-likeness (QED) is 0.115. The lowest BCUT2D eigenvalue weighted by molar-refractivity contribution is -0.142. The average molecular weight is 677 g/mol. The van der Waals surface area contributed by atoms with Crippen molar-refractivity contribution in [2.24, 2.45) is 5.92 Å². The third kappa shape index (κ3) is 9.18. The molecule has 0 bridgehead atoms. The topological polar surface area (TPSA) is 125 Å². The van der Waals surface area contributed by atoms with Crippen LogP contribution in [0.3, 0.4) is 0 Å². The first-order valence-electron chi connectivity index (χ1n) is 16.5. The number of amides is 1. The Morgan fingerprint density at radius 2 is 1.45 bits per heavy atom. The Labute approximate surface area is 292 Å². The monoisotopic (exact) mass is 676 g/mol. The van der Waals surface area contributed by atoms with E-state index in [-0.39, 0.29) is 35.9 Å². The molecule has 0 saturated carbocycles. The van der Waals surface area contributed by atoms with Gasteiger partial charge in [0.25, 0.3) is 0 Å². The van der Waals surface area contributed by atoms with E-state index in [1.807, 2.05) is 48.8 Å². The van der Waals surface area contributed by atoms with Gasteiger partial charge in [-0.2, -0.15) is 0 Å². The molecule has 0 aliphatic rings. The SMILES string of the molecule is CC(C)(C)c1ccc(-c2cnc(-c3ccc(C[C@H](CC(=O)c4ccc(C(C)(C)C)s4)C(=O)N[C@H](Cc4ccc[nH]4)C(=O)O)cc3)nc2)cc1. The number of H-pyrrole nitrogens is 1. The number of thiophene rings is 1. The van der Waals surface area contributed by atoms with E-state index in [4.69, 9.17) is 0 Å². The summed E-state index contributed by atoms with van der Waals surface area (Å²) >= 11 is 1.44. The molecule has 3 heterocycles. The number of nitrogens with one attached hydrogen (secondary N) is 2. The Balaban J connectivity index is 1.32. The van der Waals surface area contributed by atoms with Crippen molar-refractivity contribution < 1.29 is 19.5 Å². The molecule has 0 fully saturated rings. The minimum Gasteiger partial charge on any atom is -0.480 e. The predicted molar refractivity (Wildman–Crippen MR) is 195 cm³/mol. The van der Waals surface area contributed by atoms with Crippen molar-refractivity contribution in [3.63, 3.8) is 0 Å². The van der Waals surface area contributed by atoms with E-state index in [9.17, 15) is 19.5 Å².